The average Bonchev–Trinajstić information content (AvgIpc) is 2.74. The standard InChI is InChI=1S/C17H31N5O.HI/c1-13-15(14(2)22(4)21-13)11-19-16(18-3)20-12-17(7-6-8-17)9-10-23-5;/h6-12H2,1-5H3,(H2,18,19,20);1H. The minimum absolute atomic E-state index is 0. The Bertz CT molecular complexity index is 551. The zero-order valence-electron chi connectivity index (χ0n) is 15.6. The van der Waals surface area contributed by atoms with Crippen LogP contribution < -0.4 is 10.6 Å². The third-order valence-corrected chi connectivity index (χ3v) is 5.20. The molecule has 1 aliphatic carbocycles. The van der Waals surface area contributed by atoms with Crippen molar-refractivity contribution >= 4 is 29.9 Å². The van der Waals surface area contributed by atoms with Crippen LogP contribution in [0.25, 0.3) is 0 Å². The van der Waals surface area contributed by atoms with Crippen molar-refractivity contribution in [1.82, 2.24) is 20.4 Å². The maximum absolute atomic E-state index is 5.26. The van der Waals surface area contributed by atoms with Gasteiger partial charge < -0.3 is 15.4 Å². The Balaban J connectivity index is 0.00000288. The summed E-state index contributed by atoms with van der Waals surface area (Å²) in [5.74, 6) is 0.858. The van der Waals surface area contributed by atoms with Gasteiger partial charge in [-0.15, -0.1) is 24.0 Å². The van der Waals surface area contributed by atoms with Gasteiger partial charge in [0.25, 0.3) is 0 Å². The number of halogens is 1. The SMILES string of the molecule is CN=C(NCc1c(C)nn(C)c1C)NCC1(CCOC)CCC1.I. The van der Waals surface area contributed by atoms with E-state index in [1.54, 1.807) is 7.11 Å². The van der Waals surface area contributed by atoms with E-state index >= 15 is 0 Å². The van der Waals surface area contributed by atoms with E-state index in [4.69, 9.17) is 4.74 Å². The number of methoxy groups -OCH3 is 1. The average molecular weight is 449 g/mol. The molecule has 0 aliphatic heterocycles. The molecule has 0 aromatic carbocycles. The highest BCUT2D eigenvalue weighted by atomic mass is 127. The molecule has 1 saturated carbocycles. The van der Waals surface area contributed by atoms with Crippen LogP contribution in [0.1, 0.15) is 42.6 Å². The Morgan fingerprint density at radius 3 is 2.50 bits per heavy atom. The molecule has 0 atom stereocenters. The first-order chi connectivity index (χ1) is 11.0. The molecule has 1 aromatic rings. The lowest BCUT2D eigenvalue weighted by molar-refractivity contribution is 0.0732. The molecule has 2 N–H and O–H groups in total. The van der Waals surface area contributed by atoms with Crippen LogP contribution in [0.4, 0.5) is 0 Å². The maximum Gasteiger partial charge on any atom is 0.191 e. The predicted octanol–water partition coefficient (Wildman–Crippen LogP) is 2.53. The normalized spacial score (nSPS) is 16.3. The van der Waals surface area contributed by atoms with E-state index < -0.39 is 0 Å². The molecule has 2 rings (SSSR count). The zero-order valence-corrected chi connectivity index (χ0v) is 17.9. The summed E-state index contributed by atoms with van der Waals surface area (Å²) in [6.07, 6.45) is 5.00. The largest absolute Gasteiger partial charge is 0.385 e. The van der Waals surface area contributed by atoms with Gasteiger partial charge in [-0.05, 0) is 38.5 Å². The minimum atomic E-state index is 0. The molecule has 0 unspecified atom stereocenters. The van der Waals surface area contributed by atoms with Gasteiger partial charge in [0.2, 0.25) is 0 Å². The topological polar surface area (TPSA) is 63.5 Å². The number of nitrogens with one attached hydrogen (secondary N) is 2. The van der Waals surface area contributed by atoms with E-state index in [9.17, 15) is 0 Å². The summed E-state index contributed by atoms with van der Waals surface area (Å²) in [7, 11) is 5.58. The molecule has 6 nitrogen and oxygen atoms in total. The predicted molar refractivity (Wildman–Crippen MR) is 109 cm³/mol. The van der Waals surface area contributed by atoms with Crippen LogP contribution in [-0.4, -0.2) is 43.0 Å². The number of hydrogen-bond donors (Lipinski definition) is 2. The summed E-state index contributed by atoms with van der Waals surface area (Å²) >= 11 is 0. The van der Waals surface area contributed by atoms with Crippen molar-refractivity contribution < 1.29 is 4.74 Å². The van der Waals surface area contributed by atoms with Gasteiger partial charge in [0.1, 0.15) is 0 Å². The number of rotatable bonds is 7. The first-order valence-electron chi connectivity index (χ1n) is 8.44. The summed E-state index contributed by atoms with van der Waals surface area (Å²) in [4.78, 5) is 4.35. The smallest absolute Gasteiger partial charge is 0.191 e. The first-order valence-corrected chi connectivity index (χ1v) is 8.44. The van der Waals surface area contributed by atoms with E-state index in [1.165, 1.54) is 30.5 Å². The van der Waals surface area contributed by atoms with Crippen LogP contribution in [0.3, 0.4) is 0 Å². The number of aromatic nitrogens is 2. The van der Waals surface area contributed by atoms with Gasteiger partial charge in [-0.25, -0.2) is 0 Å². The lowest BCUT2D eigenvalue weighted by Crippen LogP contribution is -2.46. The van der Waals surface area contributed by atoms with Crippen molar-refractivity contribution in [3.63, 3.8) is 0 Å². The third kappa shape index (κ3) is 5.08. The highest BCUT2D eigenvalue weighted by molar-refractivity contribution is 14.0. The number of aryl methyl sites for hydroxylation is 2. The van der Waals surface area contributed by atoms with Crippen molar-refractivity contribution in [3.05, 3.63) is 17.0 Å². The van der Waals surface area contributed by atoms with Crippen molar-refractivity contribution in [2.75, 3.05) is 27.3 Å². The lowest BCUT2D eigenvalue weighted by atomic mass is 9.67. The van der Waals surface area contributed by atoms with Gasteiger partial charge in [-0.1, -0.05) is 6.42 Å². The quantitative estimate of drug-likeness (QED) is 0.382. The summed E-state index contributed by atoms with van der Waals surface area (Å²) in [5.41, 5.74) is 3.89. The highest BCUT2D eigenvalue weighted by Gasteiger charge is 2.36. The lowest BCUT2D eigenvalue weighted by Gasteiger charge is -2.42. The van der Waals surface area contributed by atoms with Crippen LogP contribution in [-0.2, 0) is 18.3 Å². The molecular formula is C17H32IN5O. The Hall–Kier alpha value is -0.830. The molecule has 1 aromatic heterocycles. The molecule has 1 fully saturated rings. The highest BCUT2D eigenvalue weighted by Crippen LogP contribution is 2.43. The number of nitrogens with zero attached hydrogens (tertiary/aromatic N) is 3. The second-order valence-corrected chi connectivity index (χ2v) is 6.65. The molecule has 0 radical (unpaired) electrons. The van der Waals surface area contributed by atoms with Crippen LogP contribution >= 0.6 is 24.0 Å². The fourth-order valence-electron chi connectivity index (χ4n) is 3.25. The second kappa shape index (κ2) is 9.60. The van der Waals surface area contributed by atoms with E-state index in [1.807, 2.05) is 25.7 Å². The Kier molecular flexibility index (Phi) is 8.49. The molecule has 0 amide bonds. The molecule has 7 heteroatoms. The van der Waals surface area contributed by atoms with Crippen LogP contribution in [0.15, 0.2) is 4.99 Å². The van der Waals surface area contributed by atoms with Crippen molar-refractivity contribution in [1.29, 1.82) is 0 Å². The Morgan fingerprint density at radius 1 is 1.33 bits per heavy atom. The Labute approximate surface area is 162 Å². The van der Waals surface area contributed by atoms with Crippen molar-refractivity contribution in [2.45, 2.75) is 46.1 Å². The van der Waals surface area contributed by atoms with Gasteiger partial charge in [0.05, 0.1) is 5.69 Å². The summed E-state index contributed by atoms with van der Waals surface area (Å²) in [6.45, 7) is 6.69. The molecule has 24 heavy (non-hydrogen) atoms. The molecule has 0 saturated heterocycles. The van der Waals surface area contributed by atoms with Crippen molar-refractivity contribution in [3.8, 4) is 0 Å². The maximum atomic E-state index is 5.26. The molecule has 1 aliphatic rings. The third-order valence-electron chi connectivity index (χ3n) is 5.20. The van der Waals surface area contributed by atoms with Crippen LogP contribution in [0.2, 0.25) is 0 Å². The second-order valence-electron chi connectivity index (χ2n) is 6.65. The zero-order chi connectivity index (χ0) is 16.9. The van der Waals surface area contributed by atoms with E-state index in [2.05, 4.69) is 27.6 Å². The summed E-state index contributed by atoms with van der Waals surface area (Å²) in [5, 5.41) is 11.4. The van der Waals surface area contributed by atoms with Gasteiger partial charge in [0, 0.05) is 52.2 Å². The van der Waals surface area contributed by atoms with Crippen LogP contribution in [0.5, 0.6) is 0 Å². The molecular weight excluding hydrogens is 417 g/mol. The fraction of sp³-hybridized carbons (Fsp3) is 0.765. The number of ether oxygens (including phenoxy) is 1. The summed E-state index contributed by atoms with van der Waals surface area (Å²) < 4.78 is 7.18. The molecule has 138 valence electrons. The monoisotopic (exact) mass is 449 g/mol. The van der Waals surface area contributed by atoms with Gasteiger partial charge in [-0.3, -0.25) is 9.67 Å². The van der Waals surface area contributed by atoms with Gasteiger partial charge >= 0.3 is 0 Å². The fourth-order valence-corrected chi connectivity index (χ4v) is 3.25. The van der Waals surface area contributed by atoms with E-state index in [0.717, 1.165) is 37.8 Å². The van der Waals surface area contributed by atoms with Crippen LogP contribution in [0, 0.1) is 19.3 Å². The molecule has 0 bridgehead atoms. The summed E-state index contributed by atoms with van der Waals surface area (Å²) in [6, 6.07) is 0. The number of aliphatic imine (C=N–C) groups is 1. The minimum Gasteiger partial charge on any atom is -0.385 e. The van der Waals surface area contributed by atoms with Crippen molar-refractivity contribution in [2.24, 2.45) is 17.5 Å². The van der Waals surface area contributed by atoms with E-state index in [0.29, 0.717) is 5.41 Å². The molecule has 1 heterocycles. The Morgan fingerprint density at radius 2 is 2.04 bits per heavy atom. The number of guanidine groups is 1. The van der Waals surface area contributed by atoms with E-state index in [-0.39, 0.29) is 24.0 Å². The number of hydrogen-bond acceptors (Lipinski definition) is 3. The van der Waals surface area contributed by atoms with Gasteiger partial charge in [0.15, 0.2) is 5.96 Å². The van der Waals surface area contributed by atoms with Gasteiger partial charge in [-0.2, -0.15) is 5.10 Å². The molecule has 0 spiro atoms. The first kappa shape index (κ1) is 21.2.